The Balaban J connectivity index is 1.84. The van der Waals surface area contributed by atoms with Gasteiger partial charge in [-0.25, -0.2) is 9.48 Å². The molecule has 1 atom stereocenters. The number of benzene rings is 1. The van der Waals surface area contributed by atoms with Crippen LogP contribution in [-0.2, 0) is 0 Å². The largest absolute Gasteiger partial charge is 0.476 e. The van der Waals surface area contributed by atoms with Crippen molar-refractivity contribution in [1.29, 1.82) is 0 Å². The molecule has 3 N–H and O–H groups in total. The minimum atomic E-state index is -1.10. The number of nitrogens with two attached hydrogens (primary N) is 1. The molecule has 1 unspecified atom stereocenters. The van der Waals surface area contributed by atoms with Gasteiger partial charge in [0.2, 0.25) is 0 Å². The summed E-state index contributed by atoms with van der Waals surface area (Å²) in [6.45, 7) is 5.04. The van der Waals surface area contributed by atoms with Gasteiger partial charge in [-0.1, -0.05) is 5.21 Å². The fourth-order valence-electron chi connectivity index (χ4n) is 2.73. The second kappa shape index (κ2) is 5.88. The van der Waals surface area contributed by atoms with Gasteiger partial charge < -0.3 is 20.6 Å². The van der Waals surface area contributed by atoms with Gasteiger partial charge in [0.1, 0.15) is 0 Å². The van der Waals surface area contributed by atoms with E-state index >= 15 is 0 Å². The lowest BCUT2D eigenvalue weighted by molar-refractivity contribution is 0.0690. The zero-order valence-corrected chi connectivity index (χ0v) is 13.2. The van der Waals surface area contributed by atoms with E-state index in [1.54, 1.807) is 6.07 Å². The molecule has 0 radical (unpaired) electrons. The molecule has 8 heteroatoms. The third-order valence-corrected chi connectivity index (χ3v) is 4.29. The molecule has 0 amide bonds. The summed E-state index contributed by atoms with van der Waals surface area (Å²) in [5.41, 5.74) is 8.43. The first-order valence-electron chi connectivity index (χ1n) is 7.46. The number of hydrogen-bond donors (Lipinski definition) is 2. The van der Waals surface area contributed by atoms with Gasteiger partial charge in [0, 0.05) is 25.7 Å². The maximum absolute atomic E-state index is 10.9. The van der Waals surface area contributed by atoms with Crippen LogP contribution >= 0.6 is 0 Å². The summed E-state index contributed by atoms with van der Waals surface area (Å²) in [4.78, 5) is 15.5. The zero-order valence-electron chi connectivity index (χ0n) is 13.2. The highest BCUT2D eigenvalue weighted by atomic mass is 16.4. The topological polar surface area (TPSA) is 101 Å². The number of anilines is 2. The highest BCUT2D eigenvalue weighted by Crippen LogP contribution is 2.27. The predicted molar refractivity (Wildman–Crippen MR) is 87.0 cm³/mol. The number of rotatable bonds is 3. The number of piperazine rings is 1. The van der Waals surface area contributed by atoms with Crippen LogP contribution in [0, 0.1) is 0 Å². The lowest BCUT2D eigenvalue weighted by atomic mass is 10.1. The minimum absolute atomic E-state index is 0.0967. The van der Waals surface area contributed by atoms with Crippen LogP contribution in [0.25, 0.3) is 5.69 Å². The fourth-order valence-corrected chi connectivity index (χ4v) is 2.73. The van der Waals surface area contributed by atoms with E-state index in [4.69, 9.17) is 10.8 Å². The average molecular weight is 316 g/mol. The Labute approximate surface area is 134 Å². The Morgan fingerprint density at radius 2 is 2.17 bits per heavy atom. The maximum Gasteiger partial charge on any atom is 0.358 e. The molecular formula is C15H20N6O2. The number of likely N-dealkylation sites (N-methyl/N-ethyl adjacent to an activating group) is 1. The van der Waals surface area contributed by atoms with Crippen LogP contribution in [0.5, 0.6) is 0 Å². The SMILES string of the molecule is CC1CN(c2ccc(-n3cc(C(=O)O)nn3)cc2N)CCN1C. The van der Waals surface area contributed by atoms with Crippen molar-refractivity contribution in [1.82, 2.24) is 19.9 Å². The van der Waals surface area contributed by atoms with Crippen molar-refractivity contribution < 1.29 is 9.90 Å². The fraction of sp³-hybridized carbons (Fsp3) is 0.400. The quantitative estimate of drug-likeness (QED) is 0.803. The van der Waals surface area contributed by atoms with Gasteiger partial charge in [-0.15, -0.1) is 5.10 Å². The molecule has 1 aliphatic heterocycles. The number of aromatic carboxylic acids is 1. The lowest BCUT2D eigenvalue weighted by Gasteiger charge is -2.39. The van der Waals surface area contributed by atoms with Gasteiger partial charge in [0.15, 0.2) is 5.69 Å². The van der Waals surface area contributed by atoms with E-state index < -0.39 is 5.97 Å². The van der Waals surface area contributed by atoms with Gasteiger partial charge in [0.05, 0.1) is 23.3 Å². The molecule has 1 saturated heterocycles. The van der Waals surface area contributed by atoms with E-state index in [0.717, 1.165) is 25.3 Å². The van der Waals surface area contributed by atoms with Crippen LogP contribution in [0.1, 0.15) is 17.4 Å². The Hall–Kier alpha value is -2.61. The smallest absolute Gasteiger partial charge is 0.358 e. The van der Waals surface area contributed by atoms with E-state index in [0.29, 0.717) is 17.4 Å². The zero-order chi connectivity index (χ0) is 16.6. The summed E-state index contributed by atoms with van der Waals surface area (Å²) >= 11 is 0. The number of hydrogen-bond acceptors (Lipinski definition) is 6. The average Bonchev–Trinajstić information content (AvgIpc) is 3.00. The van der Waals surface area contributed by atoms with Gasteiger partial charge in [-0.2, -0.15) is 0 Å². The summed E-state index contributed by atoms with van der Waals surface area (Å²) < 4.78 is 1.41. The third-order valence-electron chi connectivity index (χ3n) is 4.29. The molecule has 0 spiro atoms. The van der Waals surface area contributed by atoms with Crippen molar-refractivity contribution in [3.05, 3.63) is 30.1 Å². The van der Waals surface area contributed by atoms with Crippen LogP contribution < -0.4 is 10.6 Å². The van der Waals surface area contributed by atoms with Crippen molar-refractivity contribution >= 4 is 17.3 Å². The predicted octanol–water partition coefficient (Wildman–Crippen LogP) is 0.688. The molecule has 1 aromatic carbocycles. The molecule has 2 heterocycles. The number of nitrogens with zero attached hydrogens (tertiary/aromatic N) is 5. The molecule has 0 bridgehead atoms. The highest BCUT2D eigenvalue weighted by Gasteiger charge is 2.22. The van der Waals surface area contributed by atoms with Crippen LogP contribution in [0.2, 0.25) is 0 Å². The van der Waals surface area contributed by atoms with Gasteiger partial charge in [-0.3, -0.25) is 0 Å². The van der Waals surface area contributed by atoms with E-state index in [1.165, 1.54) is 10.9 Å². The lowest BCUT2D eigenvalue weighted by Crippen LogP contribution is -2.50. The summed E-state index contributed by atoms with van der Waals surface area (Å²) in [6, 6.07) is 6.08. The Morgan fingerprint density at radius 3 is 2.78 bits per heavy atom. The van der Waals surface area contributed by atoms with Crippen molar-refractivity contribution in [2.45, 2.75) is 13.0 Å². The van der Waals surface area contributed by atoms with E-state index in [1.807, 2.05) is 12.1 Å². The number of aromatic nitrogens is 3. The van der Waals surface area contributed by atoms with E-state index in [9.17, 15) is 4.79 Å². The van der Waals surface area contributed by atoms with Crippen molar-refractivity contribution in [2.75, 3.05) is 37.3 Å². The number of carbonyl (C=O) groups is 1. The molecule has 1 aliphatic rings. The number of carboxylic acids is 1. The Bertz CT molecular complexity index is 729. The maximum atomic E-state index is 10.9. The monoisotopic (exact) mass is 316 g/mol. The second-order valence-corrected chi connectivity index (χ2v) is 5.87. The molecule has 1 aromatic heterocycles. The summed E-state index contributed by atoms with van der Waals surface area (Å²) in [5, 5.41) is 16.3. The second-order valence-electron chi connectivity index (χ2n) is 5.87. The van der Waals surface area contributed by atoms with Gasteiger partial charge in [0.25, 0.3) is 0 Å². The van der Waals surface area contributed by atoms with Crippen molar-refractivity contribution in [2.24, 2.45) is 0 Å². The molecule has 122 valence electrons. The summed E-state index contributed by atoms with van der Waals surface area (Å²) in [6.07, 6.45) is 1.37. The van der Waals surface area contributed by atoms with E-state index in [-0.39, 0.29) is 5.69 Å². The highest BCUT2D eigenvalue weighted by molar-refractivity contribution is 5.84. The normalized spacial score (nSPS) is 19.0. The molecular weight excluding hydrogens is 296 g/mol. The Kier molecular flexibility index (Phi) is 3.91. The van der Waals surface area contributed by atoms with Crippen LogP contribution in [0.3, 0.4) is 0 Å². The molecule has 2 aromatic rings. The summed E-state index contributed by atoms with van der Waals surface area (Å²) in [5.74, 6) is -1.10. The van der Waals surface area contributed by atoms with Crippen molar-refractivity contribution in [3.8, 4) is 5.69 Å². The first-order valence-corrected chi connectivity index (χ1v) is 7.46. The molecule has 8 nitrogen and oxygen atoms in total. The molecule has 0 saturated carbocycles. The molecule has 1 fully saturated rings. The van der Waals surface area contributed by atoms with Crippen LogP contribution in [0.4, 0.5) is 11.4 Å². The summed E-state index contributed by atoms with van der Waals surface area (Å²) in [7, 11) is 2.12. The van der Waals surface area contributed by atoms with Crippen molar-refractivity contribution in [3.63, 3.8) is 0 Å². The Morgan fingerprint density at radius 1 is 1.39 bits per heavy atom. The first kappa shape index (κ1) is 15.3. The standard InChI is InChI=1S/C15H20N6O2/c1-10-8-20(6-5-19(10)2)14-4-3-11(7-12(14)16)21-9-13(15(22)23)17-18-21/h3-4,7,9-10H,5-6,8,16H2,1-2H3,(H,22,23). The van der Waals surface area contributed by atoms with Crippen LogP contribution in [-0.4, -0.2) is 63.7 Å². The molecule has 23 heavy (non-hydrogen) atoms. The number of nitrogen functional groups attached to an aromatic ring is 1. The van der Waals surface area contributed by atoms with Gasteiger partial charge in [-0.05, 0) is 32.2 Å². The molecule has 3 rings (SSSR count). The minimum Gasteiger partial charge on any atom is -0.476 e. The molecule has 0 aliphatic carbocycles. The first-order chi connectivity index (χ1) is 11.0. The van der Waals surface area contributed by atoms with Crippen LogP contribution in [0.15, 0.2) is 24.4 Å². The number of carboxylic acid groups (broad SMARTS) is 1. The van der Waals surface area contributed by atoms with E-state index in [2.05, 4.69) is 34.1 Å². The van der Waals surface area contributed by atoms with Gasteiger partial charge >= 0.3 is 5.97 Å². The third kappa shape index (κ3) is 2.98.